The summed E-state index contributed by atoms with van der Waals surface area (Å²) in [6.45, 7) is 0.443. The van der Waals surface area contributed by atoms with Crippen LogP contribution < -0.4 is 16.4 Å². The Morgan fingerprint density at radius 2 is 2.18 bits per heavy atom. The lowest BCUT2D eigenvalue weighted by atomic mass is 10.2. The van der Waals surface area contributed by atoms with E-state index in [-0.39, 0.29) is 6.03 Å². The zero-order valence-electron chi connectivity index (χ0n) is 9.10. The van der Waals surface area contributed by atoms with Crippen LogP contribution in [0.1, 0.15) is 5.56 Å². The van der Waals surface area contributed by atoms with Crippen LogP contribution in [0.15, 0.2) is 36.7 Å². The topological polar surface area (TPSA) is 95.8 Å². The number of aromatic amines is 1. The van der Waals surface area contributed by atoms with Crippen LogP contribution in [0, 0.1) is 0 Å². The highest BCUT2D eigenvalue weighted by Crippen LogP contribution is 2.11. The van der Waals surface area contributed by atoms with Crippen LogP contribution >= 0.6 is 0 Å². The molecule has 0 bridgehead atoms. The van der Waals surface area contributed by atoms with Gasteiger partial charge >= 0.3 is 6.03 Å². The van der Waals surface area contributed by atoms with Gasteiger partial charge in [-0.2, -0.15) is 5.10 Å². The predicted molar refractivity (Wildman–Crippen MR) is 65.6 cm³/mol. The van der Waals surface area contributed by atoms with Gasteiger partial charge in [0, 0.05) is 18.4 Å². The van der Waals surface area contributed by atoms with Gasteiger partial charge in [0.1, 0.15) is 0 Å². The molecule has 88 valence electrons. The fourth-order valence-electron chi connectivity index (χ4n) is 1.39. The molecule has 0 aliphatic rings. The number of hydrogen-bond acceptors (Lipinski definition) is 3. The van der Waals surface area contributed by atoms with Gasteiger partial charge in [0.05, 0.1) is 11.9 Å². The zero-order valence-corrected chi connectivity index (χ0v) is 9.10. The van der Waals surface area contributed by atoms with Gasteiger partial charge in [-0.3, -0.25) is 5.10 Å². The summed E-state index contributed by atoms with van der Waals surface area (Å²) < 4.78 is 0. The second-order valence-corrected chi connectivity index (χ2v) is 3.47. The number of amides is 2. The molecular formula is C11H13N5O. The minimum Gasteiger partial charge on any atom is -0.326 e. The maximum Gasteiger partial charge on any atom is 0.323 e. The number of rotatable bonds is 3. The number of nitrogens with zero attached hydrogens (tertiary/aromatic N) is 1. The molecule has 6 nitrogen and oxygen atoms in total. The Morgan fingerprint density at radius 1 is 1.35 bits per heavy atom. The number of H-pyrrole nitrogens is 1. The molecule has 0 aliphatic heterocycles. The van der Waals surface area contributed by atoms with Crippen molar-refractivity contribution >= 4 is 17.4 Å². The molecule has 0 spiro atoms. The summed E-state index contributed by atoms with van der Waals surface area (Å²) in [6.07, 6.45) is 3.12. The average Bonchev–Trinajstić information content (AvgIpc) is 2.82. The molecule has 0 radical (unpaired) electrons. The minimum absolute atomic E-state index is 0.319. The van der Waals surface area contributed by atoms with Crippen LogP contribution in [-0.4, -0.2) is 16.2 Å². The van der Waals surface area contributed by atoms with Crippen LogP contribution in [-0.2, 0) is 6.54 Å². The van der Waals surface area contributed by atoms with Crippen molar-refractivity contribution in [3.8, 4) is 0 Å². The first-order chi connectivity index (χ1) is 8.28. The molecule has 1 aromatic carbocycles. The Balaban J connectivity index is 1.98. The Labute approximate surface area is 98.2 Å². The molecule has 0 fully saturated rings. The van der Waals surface area contributed by atoms with Crippen molar-refractivity contribution in [1.82, 2.24) is 10.2 Å². The van der Waals surface area contributed by atoms with Gasteiger partial charge in [-0.25, -0.2) is 4.79 Å². The maximum atomic E-state index is 11.6. The minimum atomic E-state index is -0.319. The van der Waals surface area contributed by atoms with E-state index in [0.29, 0.717) is 17.9 Å². The molecule has 2 rings (SSSR count). The lowest BCUT2D eigenvalue weighted by Crippen LogP contribution is -2.19. The molecule has 6 heteroatoms. The van der Waals surface area contributed by atoms with Crippen molar-refractivity contribution in [3.63, 3.8) is 0 Å². The Kier molecular flexibility index (Phi) is 3.37. The molecule has 2 amide bonds. The van der Waals surface area contributed by atoms with Crippen molar-refractivity contribution < 1.29 is 4.79 Å². The van der Waals surface area contributed by atoms with Crippen LogP contribution in [0.5, 0.6) is 0 Å². The second kappa shape index (κ2) is 5.13. The average molecular weight is 231 g/mol. The van der Waals surface area contributed by atoms with Crippen molar-refractivity contribution in [2.75, 3.05) is 10.6 Å². The normalized spacial score (nSPS) is 9.94. The highest BCUT2D eigenvalue weighted by atomic mass is 16.2. The van der Waals surface area contributed by atoms with E-state index in [1.807, 2.05) is 18.2 Å². The predicted octanol–water partition coefficient (Wildman–Crippen LogP) is 1.51. The van der Waals surface area contributed by atoms with E-state index in [4.69, 9.17) is 5.73 Å². The lowest BCUT2D eigenvalue weighted by Gasteiger charge is -2.06. The summed E-state index contributed by atoms with van der Waals surface area (Å²) in [5.74, 6) is 0. The molecule has 0 saturated carbocycles. The fourth-order valence-corrected chi connectivity index (χ4v) is 1.39. The van der Waals surface area contributed by atoms with Gasteiger partial charge in [0.25, 0.3) is 0 Å². The van der Waals surface area contributed by atoms with Crippen molar-refractivity contribution in [2.24, 2.45) is 5.73 Å². The summed E-state index contributed by atoms with van der Waals surface area (Å²) in [7, 11) is 0. The molecule has 1 aromatic heterocycles. The SMILES string of the molecule is NCc1cccc(NC(=O)Nc2cn[nH]c2)c1. The van der Waals surface area contributed by atoms with Gasteiger partial charge in [-0.1, -0.05) is 12.1 Å². The lowest BCUT2D eigenvalue weighted by molar-refractivity contribution is 0.262. The van der Waals surface area contributed by atoms with Crippen LogP contribution in [0.2, 0.25) is 0 Å². The first kappa shape index (κ1) is 11.2. The number of nitrogens with one attached hydrogen (secondary N) is 3. The number of urea groups is 1. The molecule has 1 heterocycles. The van der Waals surface area contributed by atoms with E-state index in [0.717, 1.165) is 5.56 Å². The van der Waals surface area contributed by atoms with E-state index in [2.05, 4.69) is 20.8 Å². The third-order valence-corrected chi connectivity index (χ3v) is 2.18. The highest BCUT2D eigenvalue weighted by Gasteiger charge is 2.03. The molecule has 2 aromatic rings. The van der Waals surface area contributed by atoms with Crippen molar-refractivity contribution in [2.45, 2.75) is 6.54 Å². The van der Waals surface area contributed by atoms with E-state index >= 15 is 0 Å². The van der Waals surface area contributed by atoms with Crippen LogP contribution in [0.3, 0.4) is 0 Å². The molecule has 0 aliphatic carbocycles. The number of benzene rings is 1. The number of hydrogen-bond donors (Lipinski definition) is 4. The summed E-state index contributed by atoms with van der Waals surface area (Å²) in [4.78, 5) is 11.6. The van der Waals surface area contributed by atoms with Crippen LogP contribution in [0.25, 0.3) is 0 Å². The number of aromatic nitrogens is 2. The van der Waals surface area contributed by atoms with Crippen LogP contribution in [0.4, 0.5) is 16.2 Å². The van der Waals surface area contributed by atoms with E-state index < -0.39 is 0 Å². The standard InChI is InChI=1S/C11H13N5O/c12-5-8-2-1-3-9(4-8)15-11(17)16-10-6-13-14-7-10/h1-4,6-7H,5,12H2,(H,13,14)(H2,15,16,17). The third-order valence-electron chi connectivity index (χ3n) is 2.18. The monoisotopic (exact) mass is 231 g/mol. The second-order valence-electron chi connectivity index (χ2n) is 3.47. The van der Waals surface area contributed by atoms with Gasteiger partial charge in [-0.05, 0) is 17.7 Å². The first-order valence-corrected chi connectivity index (χ1v) is 5.14. The Bertz CT molecular complexity index is 494. The number of carbonyl (C=O) groups excluding carboxylic acids is 1. The summed E-state index contributed by atoms with van der Waals surface area (Å²) in [6, 6.07) is 7.05. The Hall–Kier alpha value is -2.34. The summed E-state index contributed by atoms with van der Waals surface area (Å²) in [5.41, 5.74) is 7.79. The van der Waals surface area contributed by atoms with Gasteiger partial charge in [0.2, 0.25) is 0 Å². The summed E-state index contributed by atoms with van der Waals surface area (Å²) >= 11 is 0. The quantitative estimate of drug-likeness (QED) is 0.644. The van der Waals surface area contributed by atoms with E-state index in [1.165, 1.54) is 6.20 Å². The number of anilines is 2. The molecule has 0 saturated heterocycles. The number of carbonyl (C=O) groups is 1. The van der Waals surface area contributed by atoms with E-state index in [9.17, 15) is 4.79 Å². The first-order valence-electron chi connectivity index (χ1n) is 5.14. The Morgan fingerprint density at radius 3 is 2.88 bits per heavy atom. The summed E-state index contributed by atoms with van der Waals surface area (Å²) in [5, 5.41) is 11.7. The fraction of sp³-hybridized carbons (Fsp3) is 0.0909. The number of nitrogens with two attached hydrogens (primary N) is 1. The molecule has 17 heavy (non-hydrogen) atoms. The highest BCUT2D eigenvalue weighted by molar-refractivity contribution is 5.99. The smallest absolute Gasteiger partial charge is 0.323 e. The molecular weight excluding hydrogens is 218 g/mol. The molecule has 0 unspecified atom stereocenters. The molecule has 5 N–H and O–H groups in total. The van der Waals surface area contributed by atoms with Crippen molar-refractivity contribution in [3.05, 3.63) is 42.2 Å². The zero-order chi connectivity index (χ0) is 12.1. The van der Waals surface area contributed by atoms with E-state index in [1.54, 1.807) is 12.3 Å². The third kappa shape index (κ3) is 3.05. The van der Waals surface area contributed by atoms with Crippen molar-refractivity contribution in [1.29, 1.82) is 0 Å². The van der Waals surface area contributed by atoms with Gasteiger partial charge < -0.3 is 16.4 Å². The maximum absolute atomic E-state index is 11.6. The van der Waals surface area contributed by atoms with Gasteiger partial charge in [0.15, 0.2) is 0 Å². The van der Waals surface area contributed by atoms with Gasteiger partial charge in [-0.15, -0.1) is 0 Å². The largest absolute Gasteiger partial charge is 0.326 e. The molecule has 0 atom stereocenters.